The fourth-order valence-electron chi connectivity index (χ4n) is 3.76. The summed E-state index contributed by atoms with van der Waals surface area (Å²) in [6.07, 6.45) is 1.78. The van der Waals surface area contributed by atoms with Gasteiger partial charge in [0.05, 0.1) is 11.8 Å². The number of ether oxygens (including phenoxy) is 1. The number of hydrogen-bond acceptors (Lipinski definition) is 8. The Morgan fingerprint density at radius 2 is 2.03 bits per heavy atom. The first-order valence-electron chi connectivity index (χ1n) is 10.7. The smallest absolute Gasteiger partial charge is 0.273 e. The maximum absolute atomic E-state index is 13.9. The Morgan fingerprint density at radius 3 is 2.62 bits per heavy atom. The fraction of sp³-hybridized carbons (Fsp3) is 0.304. The van der Waals surface area contributed by atoms with Gasteiger partial charge < -0.3 is 21.5 Å². The number of carbonyl (C=O) groups is 3. The molecule has 9 nitrogen and oxygen atoms in total. The summed E-state index contributed by atoms with van der Waals surface area (Å²) in [7, 11) is 0. The standard InChI is InChI=1S/C23H25N5O4S2/c1-13-6-8-14(9-7-13)28(23(31)20-17(24)18(21(25)29)27-34-20)19(16-5-3-11-33-16)22(30)26-12-15-4-2-10-32-15/h3,5-9,11,15,19H,2,4,10,12,24H2,1H3,(H2,25,29)(H,26,30). The number of rotatable bonds is 8. The van der Waals surface area contributed by atoms with Crippen LogP contribution in [0.4, 0.5) is 11.4 Å². The molecule has 2 unspecified atom stereocenters. The first-order chi connectivity index (χ1) is 16.4. The van der Waals surface area contributed by atoms with Crippen molar-refractivity contribution in [2.24, 2.45) is 5.73 Å². The lowest BCUT2D eigenvalue weighted by molar-refractivity contribution is -0.122. The number of nitrogen functional groups attached to an aromatic ring is 1. The van der Waals surface area contributed by atoms with Gasteiger partial charge in [-0.1, -0.05) is 23.8 Å². The number of aryl methyl sites for hydroxylation is 1. The Balaban J connectivity index is 1.75. The summed E-state index contributed by atoms with van der Waals surface area (Å²) < 4.78 is 9.59. The van der Waals surface area contributed by atoms with Crippen molar-refractivity contribution in [3.63, 3.8) is 0 Å². The van der Waals surface area contributed by atoms with Gasteiger partial charge in [-0.2, -0.15) is 4.37 Å². The predicted octanol–water partition coefficient (Wildman–Crippen LogP) is 2.88. The molecule has 2 aromatic heterocycles. The molecule has 3 heterocycles. The molecule has 3 aromatic rings. The molecule has 1 aliphatic heterocycles. The van der Waals surface area contributed by atoms with Crippen LogP contribution < -0.4 is 21.7 Å². The molecule has 11 heteroatoms. The summed E-state index contributed by atoms with van der Waals surface area (Å²) in [5.41, 5.74) is 12.7. The van der Waals surface area contributed by atoms with E-state index in [0.29, 0.717) is 23.7 Å². The molecule has 4 rings (SSSR count). The Kier molecular flexibility index (Phi) is 7.25. The van der Waals surface area contributed by atoms with Crippen molar-refractivity contribution in [3.8, 4) is 0 Å². The van der Waals surface area contributed by atoms with Gasteiger partial charge in [0, 0.05) is 23.7 Å². The quantitative estimate of drug-likeness (QED) is 0.435. The molecular weight excluding hydrogens is 474 g/mol. The predicted molar refractivity (Wildman–Crippen MR) is 132 cm³/mol. The Bertz CT molecular complexity index is 1170. The monoisotopic (exact) mass is 499 g/mol. The van der Waals surface area contributed by atoms with E-state index in [2.05, 4.69) is 9.69 Å². The molecule has 34 heavy (non-hydrogen) atoms. The number of nitrogens with one attached hydrogen (secondary N) is 1. The number of anilines is 2. The molecule has 3 amide bonds. The van der Waals surface area contributed by atoms with E-state index in [1.807, 2.05) is 30.5 Å². The fourth-order valence-corrected chi connectivity index (χ4v) is 5.32. The highest BCUT2D eigenvalue weighted by Crippen LogP contribution is 2.34. The van der Waals surface area contributed by atoms with Crippen LogP contribution in [0.1, 0.15) is 49.5 Å². The molecule has 2 atom stereocenters. The van der Waals surface area contributed by atoms with Gasteiger partial charge in [-0.05, 0) is 54.9 Å². The van der Waals surface area contributed by atoms with Gasteiger partial charge in [-0.15, -0.1) is 11.3 Å². The Hall–Kier alpha value is -3.28. The lowest BCUT2D eigenvalue weighted by Crippen LogP contribution is -2.45. The van der Waals surface area contributed by atoms with Crippen LogP contribution in [0, 0.1) is 6.92 Å². The van der Waals surface area contributed by atoms with E-state index in [-0.39, 0.29) is 28.3 Å². The van der Waals surface area contributed by atoms with E-state index < -0.39 is 17.9 Å². The summed E-state index contributed by atoms with van der Waals surface area (Å²) in [4.78, 5) is 41.2. The topological polar surface area (TPSA) is 141 Å². The van der Waals surface area contributed by atoms with Crippen LogP contribution in [0.2, 0.25) is 0 Å². The second-order valence-corrected chi connectivity index (χ2v) is 9.70. The van der Waals surface area contributed by atoms with Gasteiger partial charge in [0.25, 0.3) is 11.8 Å². The highest BCUT2D eigenvalue weighted by atomic mass is 32.1. The third-order valence-electron chi connectivity index (χ3n) is 5.53. The average Bonchev–Trinajstić information content (AvgIpc) is 3.58. The summed E-state index contributed by atoms with van der Waals surface area (Å²) in [6.45, 7) is 2.96. The van der Waals surface area contributed by atoms with E-state index in [1.54, 1.807) is 18.2 Å². The van der Waals surface area contributed by atoms with Crippen LogP contribution in [0.5, 0.6) is 0 Å². The first kappa shape index (κ1) is 23.9. The number of benzene rings is 1. The third kappa shape index (κ3) is 4.96. The number of thiophene rings is 1. The van der Waals surface area contributed by atoms with Crippen molar-refractivity contribution in [3.05, 3.63) is 62.8 Å². The van der Waals surface area contributed by atoms with Crippen molar-refractivity contribution >= 4 is 52.0 Å². The zero-order chi connectivity index (χ0) is 24.2. The molecule has 0 radical (unpaired) electrons. The zero-order valence-electron chi connectivity index (χ0n) is 18.5. The first-order valence-corrected chi connectivity index (χ1v) is 12.4. The molecule has 0 bridgehead atoms. The minimum absolute atomic E-state index is 0.0443. The van der Waals surface area contributed by atoms with Crippen molar-refractivity contribution in [2.75, 3.05) is 23.8 Å². The van der Waals surface area contributed by atoms with Gasteiger partial charge in [0.1, 0.15) is 4.88 Å². The molecule has 1 aliphatic rings. The maximum atomic E-state index is 13.9. The van der Waals surface area contributed by atoms with E-state index in [1.165, 1.54) is 16.2 Å². The van der Waals surface area contributed by atoms with E-state index in [4.69, 9.17) is 16.2 Å². The van der Waals surface area contributed by atoms with Gasteiger partial charge in [0.2, 0.25) is 5.91 Å². The molecule has 0 aliphatic carbocycles. The van der Waals surface area contributed by atoms with Crippen molar-refractivity contribution in [2.45, 2.75) is 31.9 Å². The number of nitrogens with zero attached hydrogens (tertiary/aromatic N) is 2. The molecule has 5 N–H and O–H groups in total. The Labute approximate surface area is 204 Å². The van der Waals surface area contributed by atoms with Gasteiger partial charge in [-0.25, -0.2) is 0 Å². The van der Waals surface area contributed by atoms with E-state index in [0.717, 1.165) is 29.9 Å². The normalized spacial score (nSPS) is 16.2. The number of amides is 3. The van der Waals surface area contributed by atoms with Crippen LogP contribution in [0.25, 0.3) is 0 Å². The zero-order valence-corrected chi connectivity index (χ0v) is 20.2. The van der Waals surface area contributed by atoms with Gasteiger partial charge >= 0.3 is 0 Å². The third-order valence-corrected chi connectivity index (χ3v) is 7.31. The van der Waals surface area contributed by atoms with Crippen molar-refractivity contribution in [1.29, 1.82) is 0 Å². The van der Waals surface area contributed by atoms with Crippen molar-refractivity contribution in [1.82, 2.24) is 9.69 Å². The second kappa shape index (κ2) is 10.3. The maximum Gasteiger partial charge on any atom is 0.273 e. The highest BCUT2D eigenvalue weighted by Gasteiger charge is 2.36. The Morgan fingerprint density at radius 1 is 1.26 bits per heavy atom. The number of carbonyl (C=O) groups excluding carboxylic acids is 3. The molecule has 0 spiro atoms. The minimum atomic E-state index is -0.963. The molecule has 0 saturated carbocycles. The lowest BCUT2D eigenvalue weighted by atomic mass is 10.1. The van der Waals surface area contributed by atoms with E-state index >= 15 is 0 Å². The SMILES string of the molecule is Cc1ccc(N(C(=O)c2snc(C(N)=O)c2N)C(C(=O)NCC2CCCO2)c2cccs2)cc1. The van der Waals surface area contributed by atoms with E-state index in [9.17, 15) is 14.4 Å². The molecule has 1 fully saturated rings. The number of primary amides is 1. The summed E-state index contributed by atoms with van der Waals surface area (Å²) in [6, 6.07) is 9.92. The van der Waals surface area contributed by atoms with Crippen LogP contribution >= 0.6 is 22.9 Å². The van der Waals surface area contributed by atoms with Gasteiger partial charge in [0.15, 0.2) is 11.7 Å². The van der Waals surface area contributed by atoms with Crippen molar-refractivity contribution < 1.29 is 19.1 Å². The highest BCUT2D eigenvalue weighted by molar-refractivity contribution is 7.10. The summed E-state index contributed by atoms with van der Waals surface area (Å²) in [5, 5.41) is 4.80. The second-order valence-electron chi connectivity index (χ2n) is 7.95. The summed E-state index contributed by atoms with van der Waals surface area (Å²) in [5.74, 6) is -1.71. The largest absolute Gasteiger partial charge is 0.395 e. The molecule has 1 aromatic carbocycles. The van der Waals surface area contributed by atoms with Crippen LogP contribution in [0.3, 0.4) is 0 Å². The molecule has 1 saturated heterocycles. The lowest BCUT2D eigenvalue weighted by Gasteiger charge is -2.30. The number of aromatic nitrogens is 1. The van der Waals surface area contributed by atoms with Gasteiger partial charge in [-0.3, -0.25) is 19.3 Å². The summed E-state index contributed by atoms with van der Waals surface area (Å²) >= 11 is 2.15. The van der Waals surface area contributed by atoms with Crippen LogP contribution in [-0.4, -0.2) is 41.4 Å². The number of hydrogen-bond donors (Lipinski definition) is 3. The van der Waals surface area contributed by atoms with Crippen LogP contribution in [0.15, 0.2) is 41.8 Å². The van der Waals surface area contributed by atoms with Crippen LogP contribution in [-0.2, 0) is 9.53 Å². The average molecular weight is 500 g/mol. The minimum Gasteiger partial charge on any atom is -0.395 e. The number of nitrogens with two attached hydrogens (primary N) is 2. The molecule has 178 valence electrons. The molecular formula is C23H25N5O4S2.